The summed E-state index contributed by atoms with van der Waals surface area (Å²) in [5, 5.41) is 3.12. The summed E-state index contributed by atoms with van der Waals surface area (Å²) in [6, 6.07) is 10.6. The Morgan fingerprint density at radius 1 is 1.27 bits per heavy atom. The Morgan fingerprint density at radius 3 is 2.36 bits per heavy atom. The molecule has 0 bridgehead atoms. The highest BCUT2D eigenvalue weighted by atomic mass is 35.5. The van der Waals surface area contributed by atoms with Gasteiger partial charge in [-0.3, -0.25) is 4.79 Å². The van der Waals surface area contributed by atoms with E-state index in [1.165, 1.54) is 5.56 Å². The number of hydrogen-bond donors (Lipinski definition) is 2. The fourth-order valence-corrected chi connectivity index (χ4v) is 3.42. The van der Waals surface area contributed by atoms with E-state index in [0.29, 0.717) is 0 Å². The molecule has 0 aromatic heterocycles. The number of nitrogens with two attached hydrogens (primary N) is 1. The molecule has 3 N–H and O–H groups in total. The van der Waals surface area contributed by atoms with E-state index in [4.69, 9.17) is 5.73 Å². The lowest BCUT2D eigenvalue weighted by molar-refractivity contribution is -0.126. The van der Waals surface area contributed by atoms with Gasteiger partial charge in [-0.05, 0) is 37.2 Å². The summed E-state index contributed by atoms with van der Waals surface area (Å²) in [4.78, 5) is 12.4. The van der Waals surface area contributed by atoms with Crippen LogP contribution < -0.4 is 11.1 Å². The van der Waals surface area contributed by atoms with Gasteiger partial charge in [0.1, 0.15) is 0 Å². The Morgan fingerprint density at radius 2 is 1.82 bits per heavy atom. The van der Waals surface area contributed by atoms with Crippen molar-refractivity contribution in [1.82, 2.24) is 5.32 Å². The van der Waals surface area contributed by atoms with E-state index in [2.05, 4.69) is 50.4 Å². The summed E-state index contributed by atoms with van der Waals surface area (Å²) in [5.41, 5.74) is 6.91. The van der Waals surface area contributed by atoms with E-state index in [1.807, 2.05) is 6.07 Å². The molecule has 1 aliphatic carbocycles. The Hall–Kier alpha value is -1.06. The largest absolute Gasteiger partial charge is 0.352 e. The van der Waals surface area contributed by atoms with Crippen LogP contribution in [0.3, 0.4) is 0 Å². The van der Waals surface area contributed by atoms with Crippen molar-refractivity contribution in [1.29, 1.82) is 0 Å². The van der Waals surface area contributed by atoms with Crippen LogP contribution in [0.1, 0.15) is 58.4 Å². The fraction of sp³-hybridized carbons (Fsp3) is 0.611. The molecule has 3 nitrogen and oxygen atoms in total. The maximum Gasteiger partial charge on any atom is 0.240 e. The molecule has 0 spiro atoms. The molecule has 2 rings (SSSR count). The number of benzene rings is 1. The number of nitrogens with one attached hydrogen (secondary N) is 1. The minimum absolute atomic E-state index is 0. The van der Waals surface area contributed by atoms with Crippen LogP contribution in [0, 0.1) is 0 Å². The molecule has 1 atom stereocenters. The molecule has 22 heavy (non-hydrogen) atoms. The number of amides is 1. The zero-order valence-electron chi connectivity index (χ0n) is 13.9. The first-order valence-corrected chi connectivity index (χ1v) is 7.99. The molecular formula is C18H29ClN2O. The highest BCUT2D eigenvalue weighted by molar-refractivity contribution is 5.86. The summed E-state index contributed by atoms with van der Waals surface area (Å²) in [5.74, 6) is 0.0244. The van der Waals surface area contributed by atoms with E-state index in [1.54, 1.807) is 0 Å². The number of carbonyl (C=O) groups excluding carboxylic acids is 1. The van der Waals surface area contributed by atoms with Gasteiger partial charge in [0.2, 0.25) is 5.91 Å². The van der Waals surface area contributed by atoms with Gasteiger partial charge in [-0.15, -0.1) is 12.4 Å². The number of carbonyl (C=O) groups is 1. The van der Waals surface area contributed by atoms with Crippen molar-refractivity contribution in [3.8, 4) is 0 Å². The predicted molar refractivity (Wildman–Crippen MR) is 94.3 cm³/mol. The summed E-state index contributed by atoms with van der Waals surface area (Å²) >= 11 is 0. The third-order valence-electron chi connectivity index (χ3n) is 4.70. The van der Waals surface area contributed by atoms with Crippen molar-refractivity contribution in [3.63, 3.8) is 0 Å². The maximum absolute atomic E-state index is 12.4. The van der Waals surface area contributed by atoms with E-state index in [9.17, 15) is 4.79 Å². The monoisotopic (exact) mass is 324 g/mol. The van der Waals surface area contributed by atoms with E-state index < -0.39 is 5.54 Å². The van der Waals surface area contributed by atoms with E-state index >= 15 is 0 Å². The minimum Gasteiger partial charge on any atom is -0.352 e. The van der Waals surface area contributed by atoms with Gasteiger partial charge >= 0.3 is 0 Å². The Labute approximate surface area is 140 Å². The first-order chi connectivity index (χ1) is 9.83. The number of hydrogen-bond acceptors (Lipinski definition) is 2. The third-order valence-corrected chi connectivity index (χ3v) is 4.70. The van der Waals surface area contributed by atoms with Crippen LogP contribution in [0.25, 0.3) is 0 Å². The minimum atomic E-state index is -0.634. The summed E-state index contributed by atoms with van der Waals surface area (Å²) in [7, 11) is 0. The van der Waals surface area contributed by atoms with Crippen molar-refractivity contribution in [2.45, 2.75) is 69.9 Å². The average Bonchev–Trinajstić information content (AvgIpc) is 2.87. The van der Waals surface area contributed by atoms with Crippen molar-refractivity contribution >= 4 is 18.3 Å². The van der Waals surface area contributed by atoms with Crippen LogP contribution in [0.4, 0.5) is 0 Å². The van der Waals surface area contributed by atoms with E-state index in [-0.39, 0.29) is 29.8 Å². The molecule has 4 heteroatoms. The van der Waals surface area contributed by atoms with Crippen LogP contribution >= 0.6 is 12.4 Å². The van der Waals surface area contributed by atoms with Crippen molar-refractivity contribution < 1.29 is 4.79 Å². The van der Waals surface area contributed by atoms with Crippen LogP contribution in [-0.4, -0.2) is 17.5 Å². The highest BCUT2D eigenvalue weighted by Crippen LogP contribution is 2.30. The van der Waals surface area contributed by atoms with Gasteiger partial charge < -0.3 is 11.1 Å². The Kier molecular flexibility index (Phi) is 6.45. The van der Waals surface area contributed by atoms with Crippen LogP contribution in [-0.2, 0) is 10.2 Å². The fourth-order valence-electron chi connectivity index (χ4n) is 3.42. The van der Waals surface area contributed by atoms with Crippen LogP contribution in [0.5, 0.6) is 0 Å². The molecular weight excluding hydrogens is 296 g/mol. The Balaban J connectivity index is 0.00000242. The van der Waals surface area contributed by atoms with Gasteiger partial charge in [-0.1, -0.05) is 57.0 Å². The van der Waals surface area contributed by atoms with Crippen molar-refractivity contribution in [2.24, 2.45) is 5.73 Å². The normalized spacial score (nSPS) is 18.4. The zero-order chi connectivity index (χ0) is 15.5. The average molecular weight is 325 g/mol. The molecule has 1 saturated carbocycles. The third kappa shape index (κ3) is 4.47. The Bertz CT molecular complexity index is 481. The molecule has 0 heterocycles. The standard InChI is InChI=1S/C18H28N2O.ClH/c1-14(20-16(21)18(19)11-7-8-12-18)13-17(2,3)15-9-5-4-6-10-15;/h4-6,9-10,14H,7-8,11-13,19H2,1-3H3,(H,20,21);1H. The SMILES string of the molecule is CC(CC(C)(C)c1ccccc1)NC(=O)C1(N)CCCC1.Cl. The number of halogens is 1. The smallest absolute Gasteiger partial charge is 0.240 e. The lowest BCUT2D eigenvalue weighted by Gasteiger charge is -2.31. The molecule has 1 unspecified atom stereocenters. The second-order valence-electron chi connectivity index (χ2n) is 7.19. The van der Waals surface area contributed by atoms with Crippen molar-refractivity contribution in [2.75, 3.05) is 0 Å². The quantitative estimate of drug-likeness (QED) is 0.870. The first-order valence-electron chi connectivity index (χ1n) is 7.99. The molecule has 1 fully saturated rings. The van der Waals surface area contributed by atoms with Gasteiger partial charge in [-0.2, -0.15) is 0 Å². The van der Waals surface area contributed by atoms with Gasteiger partial charge in [0, 0.05) is 6.04 Å². The van der Waals surface area contributed by atoms with Crippen LogP contribution in [0.2, 0.25) is 0 Å². The first kappa shape index (κ1) is 19.0. The van der Waals surface area contributed by atoms with Gasteiger partial charge in [-0.25, -0.2) is 0 Å². The van der Waals surface area contributed by atoms with Gasteiger partial charge in [0.05, 0.1) is 5.54 Å². The second-order valence-corrected chi connectivity index (χ2v) is 7.19. The molecule has 0 saturated heterocycles. The highest BCUT2D eigenvalue weighted by Gasteiger charge is 2.37. The van der Waals surface area contributed by atoms with E-state index in [0.717, 1.165) is 32.1 Å². The number of rotatable bonds is 5. The predicted octanol–water partition coefficient (Wildman–Crippen LogP) is 3.55. The molecule has 1 amide bonds. The maximum atomic E-state index is 12.4. The lowest BCUT2D eigenvalue weighted by Crippen LogP contribution is -2.54. The summed E-state index contributed by atoms with van der Waals surface area (Å²) in [6.45, 7) is 6.51. The molecule has 1 aromatic carbocycles. The zero-order valence-corrected chi connectivity index (χ0v) is 14.7. The summed E-state index contributed by atoms with van der Waals surface area (Å²) in [6.07, 6.45) is 4.65. The van der Waals surface area contributed by atoms with Crippen molar-refractivity contribution in [3.05, 3.63) is 35.9 Å². The molecule has 1 aromatic rings. The topological polar surface area (TPSA) is 55.1 Å². The van der Waals surface area contributed by atoms with Crippen LogP contribution in [0.15, 0.2) is 30.3 Å². The molecule has 1 aliphatic rings. The lowest BCUT2D eigenvalue weighted by atomic mass is 9.79. The van der Waals surface area contributed by atoms with Gasteiger partial charge in [0.15, 0.2) is 0 Å². The molecule has 0 radical (unpaired) electrons. The summed E-state index contributed by atoms with van der Waals surface area (Å²) < 4.78 is 0. The molecule has 0 aliphatic heterocycles. The molecule has 124 valence electrons. The van der Waals surface area contributed by atoms with Gasteiger partial charge in [0.25, 0.3) is 0 Å². The second kappa shape index (κ2) is 7.47.